The minimum Gasteiger partial charge on any atom is -0.336 e. The lowest BCUT2D eigenvalue weighted by Crippen LogP contribution is -2.46. The van der Waals surface area contributed by atoms with Crippen LogP contribution in [-0.2, 0) is 0 Å². The number of aromatic amines is 1. The second-order valence-electron chi connectivity index (χ2n) is 7.74. The molecule has 31 heavy (non-hydrogen) atoms. The Morgan fingerprint density at radius 1 is 1.13 bits per heavy atom. The Kier molecular flexibility index (Phi) is 5.56. The van der Waals surface area contributed by atoms with E-state index >= 15 is 0 Å². The summed E-state index contributed by atoms with van der Waals surface area (Å²) in [5.41, 5.74) is 2.64. The van der Waals surface area contributed by atoms with E-state index in [2.05, 4.69) is 52.0 Å². The molecule has 4 N–H and O–H groups in total. The topological polar surface area (TPSA) is 111 Å². The number of anilines is 4. The summed E-state index contributed by atoms with van der Waals surface area (Å²) < 4.78 is 0.742. The Morgan fingerprint density at radius 2 is 1.90 bits per heavy atom. The van der Waals surface area contributed by atoms with Gasteiger partial charge in [0.2, 0.25) is 5.95 Å². The van der Waals surface area contributed by atoms with E-state index < -0.39 is 0 Å². The average Bonchev–Trinajstić information content (AvgIpc) is 3.55. The number of nitrogens with one attached hydrogen (secondary N) is 4. The standard InChI is InChI=1S/C21H23BrN8O/c22-16-12-24-21(27-19(16)26-18-11-17(28-29-18)13-1-2-13)25-15-5-3-14(4-6-15)20(31)30-9-7-23-8-10-30/h3-6,11-13,23H,1-2,7-10H2,(H3,24,25,26,27,28,29). The molecule has 0 atom stereocenters. The van der Waals surface area contributed by atoms with Gasteiger partial charge < -0.3 is 20.9 Å². The molecule has 1 aliphatic carbocycles. The first-order chi connectivity index (χ1) is 15.2. The van der Waals surface area contributed by atoms with Gasteiger partial charge in [0.1, 0.15) is 0 Å². The molecule has 1 saturated carbocycles. The lowest BCUT2D eigenvalue weighted by atomic mass is 10.1. The van der Waals surface area contributed by atoms with E-state index in [1.54, 1.807) is 6.20 Å². The minimum absolute atomic E-state index is 0.0593. The Bertz CT molecular complexity index is 1070. The van der Waals surface area contributed by atoms with Gasteiger partial charge in [0.05, 0.1) is 4.47 Å². The fourth-order valence-electron chi connectivity index (χ4n) is 3.52. The zero-order chi connectivity index (χ0) is 21.2. The van der Waals surface area contributed by atoms with Crippen LogP contribution in [0.4, 0.5) is 23.3 Å². The van der Waals surface area contributed by atoms with Gasteiger partial charge in [0, 0.05) is 61.3 Å². The number of hydrogen-bond donors (Lipinski definition) is 4. The summed E-state index contributed by atoms with van der Waals surface area (Å²) in [5, 5.41) is 17.1. The maximum absolute atomic E-state index is 12.6. The molecule has 0 spiro atoms. The number of rotatable bonds is 6. The van der Waals surface area contributed by atoms with Crippen LogP contribution in [0.15, 0.2) is 41.0 Å². The van der Waals surface area contributed by atoms with Crippen LogP contribution >= 0.6 is 15.9 Å². The highest BCUT2D eigenvalue weighted by atomic mass is 79.9. The second-order valence-corrected chi connectivity index (χ2v) is 8.60. The second kappa shape index (κ2) is 8.64. The molecule has 1 saturated heterocycles. The number of hydrogen-bond acceptors (Lipinski definition) is 7. The van der Waals surface area contributed by atoms with Crippen molar-refractivity contribution in [1.82, 2.24) is 30.4 Å². The van der Waals surface area contributed by atoms with Gasteiger partial charge in [-0.25, -0.2) is 4.98 Å². The van der Waals surface area contributed by atoms with Crippen molar-refractivity contribution in [3.63, 3.8) is 0 Å². The molecule has 1 aliphatic heterocycles. The van der Waals surface area contributed by atoms with E-state index in [1.165, 1.54) is 12.8 Å². The number of carbonyl (C=O) groups is 1. The third-order valence-electron chi connectivity index (χ3n) is 5.40. The molecular formula is C21H23BrN8O. The van der Waals surface area contributed by atoms with Crippen LogP contribution < -0.4 is 16.0 Å². The summed E-state index contributed by atoms with van der Waals surface area (Å²) in [6, 6.07) is 9.41. The Hall–Kier alpha value is -2.98. The molecular weight excluding hydrogens is 460 g/mol. The summed E-state index contributed by atoms with van der Waals surface area (Å²) in [5.74, 6) is 2.46. The Balaban J connectivity index is 1.26. The van der Waals surface area contributed by atoms with Crippen molar-refractivity contribution in [3.05, 3.63) is 52.3 Å². The number of aromatic nitrogens is 4. The molecule has 2 fully saturated rings. The van der Waals surface area contributed by atoms with Crippen LogP contribution in [0.5, 0.6) is 0 Å². The highest BCUT2D eigenvalue weighted by Crippen LogP contribution is 2.39. The SMILES string of the molecule is O=C(c1ccc(Nc2ncc(Br)c(Nc3cc(C4CC4)[nH]n3)n2)cc1)N1CCNCC1. The van der Waals surface area contributed by atoms with Gasteiger partial charge in [-0.15, -0.1) is 0 Å². The molecule has 0 unspecified atom stereocenters. The van der Waals surface area contributed by atoms with Crippen molar-refractivity contribution < 1.29 is 4.79 Å². The van der Waals surface area contributed by atoms with E-state index in [1.807, 2.05) is 35.2 Å². The number of H-pyrrole nitrogens is 1. The molecule has 10 heteroatoms. The van der Waals surface area contributed by atoms with Crippen LogP contribution in [0.2, 0.25) is 0 Å². The van der Waals surface area contributed by atoms with Gasteiger partial charge in [-0.1, -0.05) is 0 Å². The molecule has 9 nitrogen and oxygen atoms in total. The lowest BCUT2D eigenvalue weighted by molar-refractivity contribution is 0.0736. The van der Waals surface area contributed by atoms with Crippen molar-refractivity contribution in [3.8, 4) is 0 Å². The number of piperazine rings is 1. The zero-order valence-electron chi connectivity index (χ0n) is 16.9. The number of carbonyl (C=O) groups excluding carboxylic acids is 1. The van der Waals surface area contributed by atoms with Gasteiger partial charge in [0.25, 0.3) is 5.91 Å². The lowest BCUT2D eigenvalue weighted by Gasteiger charge is -2.27. The van der Waals surface area contributed by atoms with Crippen LogP contribution in [0.3, 0.4) is 0 Å². The molecule has 0 bridgehead atoms. The summed E-state index contributed by atoms with van der Waals surface area (Å²) in [6.07, 6.45) is 4.12. The maximum atomic E-state index is 12.6. The summed E-state index contributed by atoms with van der Waals surface area (Å²) in [6.45, 7) is 3.14. The van der Waals surface area contributed by atoms with E-state index in [9.17, 15) is 4.79 Å². The number of amides is 1. The van der Waals surface area contributed by atoms with Crippen molar-refractivity contribution in [2.24, 2.45) is 0 Å². The molecule has 2 aliphatic rings. The van der Waals surface area contributed by atoms with Gasteiger partial charge in [-0.3, -0.25) is 9.89 Å². The first kappa shape index (κ1) is 20.0. The van der Waals surface area contributed by atoms with Crippen molar-refractivity contribution in [1.29, 1.82) is 0 Å². The smallest absolute Gasteiger partial charge is 0.253 e. The summed E-state index contributed by atoms with van der Waals surface area (Å²) in [7, 11) is 0. The molecule has 2 aromatic heterocycles. The first-order valence-corrected chi connectivity index (χ1v) is 11.2. The average molecular weight is 483 g/mol. The molecule has 1 amide bonds. The highest BCUT2D eigenvalue weighted by molar-refractivity contribution is 9.10. The molecule has 0 radical (unpaired) electrons. The fraction of sp³-hybridized carbons (Fsp3) is 0.333. The number of nitrogens with zero attached hydrogens (tertiary/aromatic N) is 4. The minimum atomic E-state index is 0.0593. The third-order valence-corrected chi connectivity index (χ3v) is 5.98. The van der Waals surface area contributed by atoms with Crippen molar-refractivity contribution in [2.45, 2.75) is 18.8 Å². The predicted octanol–water partition coefficient (Wildman–Crippen LogP) is 3.37. The quantitative estimate of drug-likeness (QED) is 0.426. The Labute approximate surface area is 188 Å². The monoisotopic (exact) mass is 482 g/mol. The first-order valence-electron chi connectivity index (χ1n) is 10.4. The van der Waals surface area contributed by atoms with Crippen LogP contribution in [0.1, 0.15) is 34.8 Å². The van der Waals surface area contributed by atoms with Gasteiger partial charge >= 0.3 is 0 Å². The van der Waals surface area contributed by atoms with Gasteiger partial charge in [-0.2, -0.15) is 10.1 Å². The largest absolute Gasteiger partial charge is 0.336 e. The predicted molar refractivity (Wildman–Crippen MR) is 122 cm³/mol. The number of benzene rings is 1. The maximum Gasteiger partial charge on any atom is 0.253 e. The third kappa shape index (κ3) is 4.70. The molecule has 3 heterocycles. The molecule has 3 aromatic rings. The van der Waals surface area contributed by atoms with E-state index in [-0.39, 0.29) is 5.91 Å². The van der Waals surface area contributed by atoms with E-state index in [4.69, 9.17) is 0 Å². The highest BCUT2D eigenvalue weighted by Gasteiger charge is 2.25. The van der Waals surface area contributed by atoms with E-state index in [0.29, 0.717) is 23.2 Å². The zero-order valence-corrected chi connectivity index (χ0v) is 18.4. The fourth-order valence-corrected chi connectivity index (χ4v) is 3.81. The van der Waals surface area contributed by atoms with Crippen LogP contribution in [-0.4, -0.2) is 57.2 Å². The Morgan fingerprint density at radius 3 is 2.65 bits per heavy atom. The van der Waals surface area contributed by atoms with Gasteiger partial charge in [-0.05, 0) is 53.0 Å². The van der Waals surface area contributed by atoms with Crippen LogP contribution in [0.25, 0.3) is 0 Å². The van der Waals surface area contributed by atoms with Crippen LogP contribution in [0, 0.1) is 0 Å². The van der Waals surface area contributed by atoms with Crippen molar-refractivity contribution in [2.75, 3.05) is 36.8 Å². The van der Waals surface area contributed by atoms with Crippen molar-refractivity contribution >= 4 is 45.1 Å². The normalized spacial score (nSPS) is 16.2. The number of halogens is 1. The van der Waals surface area contributed by atoms with E-state index in [0.717, 1.165) is 47.9 Å². The molecule has 160 valence electrons. The summed E-state index contributed by atoms with van der Waals surface area (Å²) in [4.78, 5) is 23.4. The summed E-state index contributed by atoms with van der Waals surface area (Å²) >= 11 is 3.48. The molecule has 1 aromatic carbocycles. The van der Waals surface area contributed by atoms with Gasteiger partial charge in [0.15, 0.2) is 11.6 Å². The molecule has 5 rings (SSSR count).